The van der Waals surface area contributed by atoms with Gasteiger partial charge in [0.05, 0.1) is 18.2 Å². The molecule has 0 spiro atoms. The fraction of sp³-hybridized carbons (Fsp3) is 0.238. The van der Waals surface area contributed by atoms with E-state index in [1.807, 2.05) is 30.3 Å². The number of carbonyl (C=O) groups excluding carboxylic acids is 2. The first-order chi connectivity index (χ1) is 13.0. The van der Waals surface area contributed by atoms with Crippen LogP contribution in [0.25, 0.3) is 6.08 Å². The molecule has 0 saturated heterocycles. The van der Waals surface area contributed by atoms with Gasteiger partial charge in [0.2, 0.25) is 5.91 Å². The normalized spacial score (nSPS) is 10.6. The van der Waals surface area contributed by atoms with Crippen molar-refractivity contribution in [3.05, 3.63) is 64.1 Å². The molecule has 0 aliphatic carbocycles. The molecule has 0 fully saturated rings. The van der Waals surface area contributed by atoms with Gasteiger partial charge in [-0.2, -0.15) is 0 Å². The summed E-state index contributed by atoms with van der Waals surface area (Å²) in [6.45, 7) is 2.11. The quantitative estimate of drug-likeness (QED) is 0.489. The number of benzene rings is 2. The zero-order chi connectivity index (χ0) is 19.6. The van der Waals surface area contributed by atoms with E-state index in [9.17, 15) is 9.59 Å². The van der Waals surface area contributed by atoms with E-state index in [0.717, 1.165) is 21.3 Å². The molecule has 0 heterocycles. The number of hydrogen-bond acceptors (Lipinski definition) is 4. The van der Waals surface area contributed by atoms with E-state index in [0.29, 0.717) is 25.1 Å². The van der Waals surface area contributed by atoms with Crippen LogP contribution in [0.2, 0.25) is 0 Å². The lowest BCUT2D eigenvalue weighted by Gasteiger charge is -2.08. The van der Waals surface area contributed by atoms with Crippen molar-refractivity contribution in [1.82, 2.24) is 0 Å². The van der Waals surface area contributed by atoms with Crippen molar-refractivity contribution in [2.24, 2.45) is 0 Å². The summed E-state index contributed by atoms with van der Waals surface area (Å²) in [5.41, 5.74) is 2.62. The summed E-state index contributed by atoms with van der Waals surface area (Å²) in [6.07, 6.45) is 4.06. The number of esters is 1. The minimum atomic E-state index is -0.375. The first-order valence-corrected chi connectivity index (χ1v) is 9.38. The molecule has 27 heavy (non-hydrogen) atoms. The zero-order valence-corrected chi connectivity index (χ0v) is 16.9. The summed E-state index contributed by atoms with van der Waals surface area (Å²) in [6, 6.07) is 13.0. The summed E-state index contributed by atoms with van der Waals surface area (Å²) in [5, 5.41) is 2.87. The molecule has 2 aromatic carbocycles. The second kappa shape index (κ2) is 10.5. The third-order valence-electron chi connectivity index (χ3n) is 3.75. The number of hydrogen-bond donors (Lipinski definition) is 1. The molecule has 0 radical (unpaired) electrons. The van der Waals surface area contributed by atoms with Gasteiger partial charge in [-0.05, 0) is 70.7 Å². The standard InChI is InChI=1S/C21H22BrNO4/c1-3-27-21(25)13-8-15-4-9-17(10-5-15)23-20(24)12-7-16-6-11-19(26-2)18(22)14-16/h4-6,8-11,13-14H,3,7,12H2,1-2H3,(H,23,24)/b13-8+. The van der Waals surface area contributed by atoms with Crippen LogP contribution in [0.5, 0.6) is 5.75 Å². The number of nitrogens with one attached hydrogen (secondary N) is 1. The number of carbonyl (C=O) groups is 2. The topological polar surface area (TPSA) is 64.6 Å². The van der Waals surface area contributed by atoms with Crippen molar-refractivity contribution in [2.45, 2.75) is 19.8 Å². The van der Waals surface area contributed by atoms with Gasteiger partial charge in [-0.15, -0.1) is 0 Å². The highest BCUT2D eigenvalue weighted by Gasteiger charge is 2.06. The molecule has 6 heteroatoms. The minimum Gasteiger partial charge on any atom is -0.496 e. The number of halogens is 1. The molecule has 5 nitrogen and oxygen atoms in total. The van der Waals surface area contributed by atoms with Gasteiger partial charge in [0.25, 0.3) is 0 Å². The highest BCUT2D eigenvalue weighted by atomic mass is 79.9. The van der Waals surface area contributed by atoms with Crippen LogP contribution in [0.3, 0.4) is 0 Å². The lowest BCUT2D eigenvalue weighted by molar-refractivity contribution is -0.137. The van der Waals surface area contributed by atoms with Crippen LogP contribution in [0.1, 0.15) is 24.5 Å². The molecule has 0 aliphatic rings. The van der Waals surface area contributed by atoms with Gasteiger partial charge >= 0.3 is 5.97 Å². The van der Waals surface area contributed by atoms with Gasteiger partial charge in [-0.3, -0.25) is 4.79 Å². The fourth-order valence-corrected chi connectivity index (χ4v) is 2.97. The molecule has 1 N–H and O–H groups in total. The Bertz CT molecular complexity index is 815. The van der Waals surface area contributed by atoms with E-state index in [2.05, 4.69) is 21.2 Å². The van der Waals surface area contributed by atoms with Gasteiger partial charge in [0, 0.05) is 18.2 Å². The molecule has 0 atom stereocenters. The van der Waals surface area contributed by atoms with Crippen molar-refractivity contribution in [1.29, 1.82) is 0 Å². The second-order valence-electron chi connectivity index (χ2n) is 5.72. The van der Waals surface area contributed by atoms with E-state index in [1.165, 1.54) is 6.08 Å². The molecule has 142 valence electrons. The van der Waals surface area contributed by atoms with Gasteiger partial charge in [0.1, 0.15) is 5.75 Å². The predicted molar refractivity (Wildman–Crippen MR) is 110 cm³/mol. The fourth-order valence-electron chi connectivity index (χ4n) is 2.38. The van der Waals surface area contributed by atoms with Crippen LogP contribution in [-0.2, 0) is 20.7 Å². The maximum atomic E-state index is 12.1. The summed E-state index contributed by atoms with van der Waals surface area (Å²) in [5.74, 6) is 0.331. The van der Waals surface area contributed by atoms with Crippen molar-refractivity contribution < 1.29 is 19.1 Å². The Balaban J connectivity index is 1.85. The Hall–Kier alpha value is -2.60. The Morgan fingerprint density at radius 2 is 1.89 bits per heavy atom. The van der Waals surface area contributed by atoms with E-state index >= 15 is 0 Å². The number of rotatable bonds is 8. The third-order valence-corrected chi connectivity index (χ3v) is 4.37. The molecule has 0 unspecified atom stereocenters. The van der Waals surface area contributed by atoms with Crippen molar-refractivity contribution >= 4 is 39.6 Å². The van der Waals surface area contributed by atoms with Crippen molar-refractivity contribution in [2.75, 3.05) is 19.0 Å². The minimum absolute atomic E-state index is 0.0586. The lowest BCUT2D eigenvalue weighted by Crippen LogP contribution is -2.12. The molecule has 0 aliphatic heterocycles. The smallest absolute Gasteiger partial charge is 0.330 e. The van der Waals surface area contributed by atoms with Gasteiger partial charge in [0.15, 0.2) is 0 Å². The molecule has 0 aromatic heterocycles. The van der Waals surface area contributed by atoms with Crippen molar-refractivity contribution in [3.63, 3.8) is 0 Å². The number of anilines is 1. The SMILES string of the molecule is CCOC(=O)/C=C/c1ccc(NC(=O)CCc2ccc(OC)c(Br)c2)cc1. The lowest BCUT2D eigenvalue weighted by atomic mass is 10.1. The Kier molecular flexibility index (Phi) is 8.07. The summed E-state index contributed by atoms with van der Waals surface area (Å²) in [4.78, 5) is 23.4. The van der Waals surface area contributed by atoms with Crippen LogP contribution < -0.4 is 10.1 Å². The number of aryl methyl sites for hydroxylation is 1. The van der Waals surface area contributed by atoms with Crippen LogP contribution in [0.4, 0.5) is 5.69 Å². The van der Waals surface area contributed by atoms with Crippen LogP contribution in [-0.4, -0.2) is 25.6 Å². The number of methoxy groups -OCH3 is 1. The first-order valence-electron chi connectivity index (χ1n) is 8.59. The average molecular weight is 432 g/mol. The van der Waals surface area contributed by atoms with E-state index < -0.39 is 0 Å². The van der Waals surface area contributed by atoms with Crippen molar-refractivity contribution in [3.8, 4) is 5.75 Å². The second-order valence-corrected chi connectivity index (χ2v) is 6.58. The maximum Gasteiger partial charge on any atom is 0.330 e. The van der Waals surface area contributed by atoms with Crippen LogP contribution >= 0.6 is 15.9 Å². The molecule has 2 rings (SSSR count). The van der Waals surface area contributed by atoms with Gasteiger partial charge in [-0.25, -0.2) is 4.79 Å². The highest BCUT2D eigenvalue weighted by Crippen LogP contribution is 2.26. The van der Waals surface area contributed by atoms with Gasteiger partial charge < -0.3 is 14.8 Å². The molecule has 0 bridgehead atoms. The van der Waals surface area contributed by atoms with Crippen LogP contribution in [0, 0.1) is 0 Å². The monoisotopic (exact) mass is 431 g/mol. The van der Waals surface area contributed by atoms with Crippen LogP contribution in [0.15, 0.2) is 53.0 Å². The van der Waals surface area contributed by atoms with E-state index in [4.69, 9.17) is 9.47 Å². The van der Waals surface area contributed by atoms with E-state index in [-0.39, 0.29) is 11.9 Å². The maximum absolute atomic E-state index is 12.1. The third kappa shape index (κ3) is 6.90. The number of amides is 1. The Morgan fingerprint density at radius 3 is 2.52 bits per heavy atom. The summed E-state index contributed by atoms with van der Waals surface area (Å²) >= 11 is 3.45. The Labute approximate surface area is 167 Å². The molecule has 1 amide bonds. The Morgan fingerprint density at radius 1 is 1.15 bits per heavy atom. The predicted octanol–water partition coefficient (Wildman–Crippen LogP) is 4.61. The van der Waals surface area contributed by atoms with E-state index in [1.54, 1.807) is 32.2 Å². The summed E-state index contributed by atoms with van der Waals surface area (Å²) in [7, 11) is 1.62. The number of ether oxygens (including phenoxy) is 2. The van der Waals surface area contributed by atoms with Gasteiger partial charge in [-0.1, -0.05) is 18.2 Å². The largest absolute Gasteiger partial charge is 0.496 e. The average Bonchev–Trinajstić information content (AvgIpc) is 2.66. The highest BCUT2D eigenvalue weighted by molar-refractivity contribution is 9.10. The molecular weight excluding hydrogens is 410 g/mol. The first kappa shape index (κ1) is 20.7. The molecule has 2 aromatic rings. The molecule has 0 saturated carbocycles. The summed E-state index contributed by atoms with van der Waals surface area (Å²) < 4.78 is 10.9. The molecular formula is C21H22BrNO4. The zero-order valence-electron chi connectivity index (χ0n) is 15.3.